The van der Waals surface area contributed by atoms with Gasteiger partial charge in [0.2, 0.25) is 0 Å². The van der Waals surface area contributed by atoms with Crippen molar-refractivity contribution in [2.24, 2.45) is 5.10 Å². The first-order valence-corrected chi connectivity index (χ1v) is 10.0. The number of alkyl halides is 1. The fourth-order valence-corrected chi connectivity index (χ4v) is 3.54. The van der Waals surface area contributed by atoms with Crippen molar-refractivity contribution in [2.75, 3.05) is 19.6 Å². The van der Waals surface area contributed by atoms with Gasteiger partial charge in [0.05, 0.1) is 18.5 Å². The quantitative estimate of drug-likeness (QED) is 0.575. The van der Waals surface area contributed by atoms with Gasteiger partial charge >= 0.3 is 0 Å². The first-order chi connectivity index (χ1) is 13.1. The van der Waals surface area contributed by atoms with Crippen molar-refractivity contribution >= 4 is 17.3 Å². The van der Waals surface area contributed by atoms with Crippen LogP contribution in [0.15, 0.2) is 47.1 Å². The van der Waals surface area contributed by atoms with Gasteiger partial charge in [-0.05, 0) is 56.4 Å². The lowest BCUT2D eigenvalue weighted by Gasteiger charge is -2.22. The molecular weight excluding hydrogens is 368 g/mol. The van der Waals surface area contributed by atoms with Crippen molar-refractivity contribution in [3.05, 3.63) is 59.2 Å². The van der Waals surface area contributed by atoms with Gasteiger partial charge in [-0.25, -0.2) is 8.78 Å². The molecule has 1 unspecified atom stereocenters. The van der Waals surface area contributed by atoms with E-state index in [1.807, 2.05) is 12.2 Å². The molecule has 0 aromatic heterocycles. The summed E-state index contributed by atoms with van der Waals surface area (Å²) in [5.41, 5.74) is 2.21. The van der Waals surface area contributed by atoms with E-state index in [0.29, 0.717) is 6.54 Å². The van der Waals surface area contributed by atoms with Crippen LogP contribution >= 0.6 is 11.6 Å². The lowest BCUT2D eigenvalue weighted by Crippen LogP contribution is -2.23. The van der Waals surface area contributed by atoms with Gasteiger partial charge in [-0.1, -0.05) is 24.3 Å². The van der Waals surface area contributed by atoms with E-state index in [4.69, 9.17) is 16.7 Å². The molecule has 1 aromatic carbocycles. The predicted molar refractivity (Wildman–Crippen MR) is 107 cm³/mol. The maximum atomic E-state index is 14.2. The Balaban J connectivity index is 1.82. The average molecular weight is 394 g/mol. The molecule has 0 amide bonds. The number of rotatable bonds is 5. The second kappa shape index (κ2) is 10.00. The second-order valence-corrected chi connectivity index (χ2v) is 7.58. The summed E-state index contributed by atoms with van der Waals surface area (Å²) in [4.78, 5) is 0. The second-order valence-electron chi connectivity index (χ2n) is 7.02. The van der Waals surface area contributed by atoms with Crippen molar-refractivity contribution in [1.29, 1.82) is 0 Å². The van der Waals surface area contributed by atoms with E-state index in [1.165, 1.54) is 18.2 Å². The third-order valence-electron chi connectivity index (χ3n) is 4.83. The third-order valence-corrected chi connectivity index (χ3v) is 5.19. The van der Waals surface area contributed by atoms with E-state index in [0.717, 1.165) is 56.5 Å². The zero-order chi connectivity index (χ0) is 19.1. The van der Waals surface area contributed by atoms with Crippen LogP contribution in [-0.4, -0.2) is 35.7 Å². The normalized spacial score (nSPS) is 22.3. The van der Waals surface area contributed by atoms with Crippen LogP contribution in [0.5, 0.6) is 0 Å². The SMILES string of the molecule is Fc1cccc(F)c1CN(CC1=CCCC(Cl)C=C1)/N=C1\CCCNCC1. The van der Waals surface area contributed by atoms with E-state index >= 15 is 0 Å². The molecule has 1 saturated heterocycles. The van der Waals surface area contributed by atoms with Gasteiger partial charge in [0, 0.05) is 17.8 Å². The summed E-state index contributed by atoms with van der Waals surface area (Å²) in [7, 11) is 0. The van der Waals surface area contributed by atoms with Crippen LogP contribution in [0.25, 0.3) is 0 Å². The number of hydrazone groups is 1. The van der Waals surface area contributed by atoms with Gasteiger partial charge in [-0.15, -0.1) is 11.6 Å². The summed E-state index contributed by atoms with van der Waals surface area (Å²) in [6.45, 7) is 2.47. The molecule has 146 valence electrons. The van der Waals surface area contributed by atoms with E-state index in [-0.39, 0.29) is 17.5 Å². The highest BCUT2D eigenvalue weighted by Gasteiger charge is 2.16. The summed E-state index contributed by atoms with van der Waals surface area (Å²) >= 11 is 6.20. The number of benzene rings is 1. The van der Waals surface area contributed by atoms with Gasteiger partial charge < -0.3 is 5.32 Å². The van der Waals surface area contributed by atoms with Gasteiger partial charge in [-0.2, -0.15) is 5.10 Å². The number of nitrogens with zero attached hydrogens (tertiary/aromatic N) is 2. The minimum Gasteiger partial charge on any atom is -0.316 e. The van der Waals surface area contributed by atoms with Crippen LogP contribution in [0.3, 0.4) is 0 Å². The fraction of sp³-hybridized carbons (Fsp3) is 0.476. The Morgan fingerprint density at radius 2 is 1.96 bits per heavy atom. The molecule has 1 aliphatic heterocycles. The minimum absolute atomic E-state index is 0.0236. The van der Waals surface area contributed by atoms with Crippen LogP contribution in [-0.2, 0) is 6.54 Å². The molecule has 1 atom stereocenters. The Hall–Kier alpha value is -1.72. The zero-order valence-corrected chi connectivity index (χ0v) is 16.2. The molecular formula is C21H26ClF2N3. The van der Waals surface area contributed by atoms with E-state index in [9.17, 15) is 8.78 Å². The summed E-state index contributed by atoms with van der Waals surface area (Å²) < 4.78 is 28.4. The number of hydrogen-bond acceptors (Lipinski definition) is 3. The van der Waals surface area contributed by atoms with Crippen molar-refractivity contribution in [3.8, 4) is 0 Å². The van der Waals surface area contributed by atoms with Gasteiger partial charge in [-0.3, -0.25) is 5.01 Å². The van der Waals surface area contributed by atoms with Crippen molar-refractivity contribution in [1.82, 2.24) is 10.3 Å². The Kier molecular flexibility index (Phi) is 7.41. The van der Waals surface area contributed by atoms with Crippen LogP contribution in [0.1, 0.15) is 37.7 Å². The molecule has 3 rings (SSSR count). The number of allylic oxidation sites excluding steroid dienone is 2. The topological polar surface area (TPSA) is 27.6 Å². The molecule has 0 saturated carbocycles. The smallest absolute Gasteiger partial charge is 0.131 e. The molecule has 0 bridgehead atoms. The van der Waals surface area contributed by atoms with Crippen LogP contribution in [0.4, 0.5) is 8.78 Å². The van der Waals surface area contributed by atoms with E-state index in [2.05, 4.69) is 11.4 Å². The van der Waals surface area contributed by atoms with Crippen LogP contribution in [0.2, 0.25) is 0 Å². The summed E-state index contributed by atoms with van der Waals surface area (Å²) in [5, 5.41) is 9.95. The largest absolute Gasteiger partial charge is 0.316 e. The Labute approximate surface area is 164 Å². The molecule has 1 fully saturated rings. The number of halogens is 3. The Bertz CT molecular complexity index is 700. The Morgan fingerprint density at radius 1 is 1.15 bits per heavy atom. The molecule has 1 aliphatic carbocycles. The van der Waals surface area contributed by atoms with Gasteiger partial charge in [0.25, 0.3) is 0 Å². The highest BCUT2D eigenvalue weighted by molar-refractivity contribution is 6.21. The summed E-state index contributed by atoms with van der Waals surface area (Å²) in [6.07, 6.45) is 10.7. The third kappa shape index (κ3) is 6.15. The zero-order valence-electron chi connectivity index (χ0n) is 15.4. The fourth-order valence-electron chi connectivity index (χ4n) is 3.34. The number of hydrogen-bond donors (Lipinski definition) is 1. The van der Waals surface area contributed by atoms with Gasteiger partial charge in [0.15, 0.2) is 0 Å². The maximum absolute atomic E-state index is 14.2. The highest BCUT2D eigenvalue weighted by atomic mass is 35.5. The van der Waals surface area contributed by atoms with Crippen LogP contribution in [0, 0.1) is 11.6 Å². The molecule has 0 spiro atoms. The number of nitrogens with one attached hydrogen (secondary N) is 1. The molecule has 6 heteroatoms. The molecule has 1 heterocycles. The van der Waals surface area contributed by atoms with Crippen molar-refractivity contribution in [3.63, 3.8) is 0 Å². The molecule has 3 nitrogen and oxygen atoms in total. The molecule has 1 N–H and O–H groups in total. The first kappa shape index (κ1) is 20.0. The first-order valence-electron chi connectivity index (χ1n) is 9.58. The predicted octanol–water partition coefficient (Wildman–Crippen LogP) is 4.78. The summed E-state index contributed by atoms with van der Waals surface area (Å²) in [5.74, 6) is -1.07. The highest BCUT2D eigenvalue weighted by Crippen LogP contribution is 2.20. The van der Waals surface area contributed by atoms with Gasteiger partial charge in [0.1, 0.15) is 11.6 Å². The minimum atomic E-state index is -0.533. The van der Waals surface area contributed by atoms with Crippen molar-refractivity contribution in [2.45, 2.75) is 44.0 Å². The molecule has 0 radical (unpaired) electrons. The lowest BCUT2D eigenvalue weighted by molar-refractivity contribution is 0.293. The summed E-state index contributed by atoms with van der Waals surface area (Å²) in [6, 6.07) is 3.98. The standard InChI is InChI=1S/C21H26ClF2N3/c22-17-5-1-4-16(9-10-17)14-27(26-18-6-3-12-25-13-11-18)15-19-20(23)7-2-8-21(19)24/h2,4,7-10,17,25H,1,3,5-6,11-15H2/b26-18+. The molecule has 27 heavy (non-hydrogen) atoms. The van der Waals surface area contributed by atoms with E-state index in [1.54, 1.807) is 5.01 Å². The average Bonchev–Trinajstić information content (AvgIpc) is 3.01. The van der Waals surface area contributed by atoms with E-state index < -0.39 is 11.6 Å². The molecule has 2 aliphatic rings. The lowest BCUT2D eigenvalue weighted by atomic mass is 10.1. The van der Waals surface area contributed by atoms with Crippen molar-refractivity contribution < 1.29 is 8.78 Å². The monoisotopic (exact) mass is 393 g/mol. The maximum Gasteiger partial charge on any atom is 0.131 e. The van der Waals surface area contributed by atoms with Crippen LogP contribution < -0.4 is 5.32 Å². The molecule has 1 aromatic rings. The Morgan fingerprint density at radius 3 is 2.78 bits per heavy atom.